The van der Waals surface area contributed by atoms with Crippen LogP contribution < -0.4 is 11.2 Å². The molecule has 0 spiro atoms. The highest BCUT2D eigenvalue weighted by Gasteiger charge is 2.42. The van der Waals surface area contributed by atoms with Crippen molar-refractivity contribution in [1.29, 1.82) is 0 Å². The topological polar surface area (TPSA) is 237 Å². The highest BCUT2D eigenvalue weighted by Crippen LogP contribution is 2.28. The monoisotopic (exact) mass is 1050 g/mol. The average molecular weight is 1050 g/mol. The summed E-state index contributed by atoms with van der Waals surface area (Å²) in [5, 5.41) is 15.4. The van der Waals surface area contributed by atoms with Crippen LogP contribution in [0.3, 0.4) is 0 Å². The van der Waals surface area contributed by atoms with E-state index in [0.29, 0.717) is 51.0 Å². The van der Waals surface area contributed by atoms with Gasteiger partial charge in [0.05, 0.1) is 18.6 Å². The molecule has 0 aromatic heterocycles. The molecule has 1 aromatic carbocycles. The number of benzene rings is 1. The maximum atomic E-state index is 13.8. The van der Waals surface area contributed by atoms with E-state index in [1.54, 1.807) is 47.0 Å². The number of amides is 6. The first kappa shape index (κ1) is 80.3. The first-order valence-electron chi connectivity index (χ1n) is 26.5. The fourth-order valence-corrected chi connectivity index (χ4v) is 7.30. The van der Waals surface area contributed by atoms with Crippen LogP contribution in [0.25, 0.3) is 0 Å². The van der Waals surface area contributed by atoms with Gasteiger partial charge in [0, 0.05) is 59.3 Å². The normalized spacial score (nSPS) is 14.4. The molecule has 1 aliphatic rings. The summed E-state index contributed by atoms with van der Waals surface area (Å²) in [6, 6.07) is 8.83. The van der Waals surface area contributed by atoms with Gasteiger partial charge in [0.1, 0.15) is 12.3 Å². The molecule has 1 fully saturated rings. The lowest BCUT2D eigenvalue weighted by atomic mass is 9.89. The second-order valence-electron chi connectivity index (χ2n) is 18.0. The predicted molar refractivity (Wildman–Crippen MR) is 301 cm³/mol. The van der Waals surface area contributed by atoms with Gasteiger partial charge in [0.2, 0.25) is 30.4 Å². The van der Waals surface area contributed by atoms with Crippen LogP contribution in [0.4, 0.5) is 0 Å². The number of nitrogens with two attached hydrogens (primary N) is 1. The number of carbonyl (C=O) groups excluding carboxylic acids is 8. The van der Waals surface area contributed by atoms with Gasteiger partial charge in [-0.25, -0.2) is 5.48 Å². The molecule has 5 N–H and O–H groups in total. The zero-order valence-corrected chi connectivity index (χ0v) is 49.3. The van der Waals surface area contributed by atoms with Crippen LogP contribution >= 0.6 is 0 Å². The van der Waals surface area contributed by atoms with Crippen molar-refractivity contribution in [3.8, 4) is 0 Å². The third kappa shape index (κ3) is 37.6. The molecule has 0 radical (unpaired) electrons. The quantitative estimate of drug-likeness (QED) is 0.0145. The lowest BCUT2D eigenvalue weighted by Gasteiger charge is -2.39. The summed E-state index contributed by atoms with van der Waals surface area (Å²) in [5.74, 6) is -1.99. The number of nitrogens with one attached hydrogen (secondary N) is 1. The number of allylic oxidation sites excluding steroid dienone is 2. The number of likely N-dealkylation sites (N-methyl/N-ethyl adjacent to an activating group) is 2. The Balaban J connectivity index is -0.000000322. The molecule has 1 aromatic rings. The minimum atomic E-state index is -0.956. The van der Waals surface area contributed by atoms with Crippen LogP contribution in [0, 0.1) is 17.8 Å². The van der Waals surface area contributed by atoms with Gasteiger partial charge >= 0.3 is 0 Å². The van der Waals surface area contributed by atoms with E-state index in [4.69, 9.17) is 19.8 Å². The summed E-state index contributed by atoms with van der Waals surface area (Å²) in [5.41, 5.74) is 6.98. The predicted octanol–water partition coefficient (Wildman–Crippen LogP) is 8.62. The Morgan fingerprint density at radius 2 is 1.38 bits per heavy atom. The zero-order chi connectivity index (χ0) is 58.8. The number of ether oxygens (including phenoxy) is 1. The van der Waals surface area contributed by atoms with Gasteiger partial charge in [-0.05, 0) is 96.2 Å². The van der Waals surface area contributed by atoms with Gasteiger partial charge in [0.25, 0.3) is 11.8 Å². The first-order valence-corrected chi connectivity index (χ1v) is 26.5. The fraction of sp³-hybridized carbons (Fsp3) is 0.684. The van der Waals surface area contributed by atoms with Crippen molar-refractivity contribution in [3.05, 3.63) is 60.7 Å². The summed E-state index contributed by atoms with van der Waals surface area (Å²) < 4.78 is 5.83. The van der Waals surface area contributed by atoms with Crippen LogP contribution in [0.15, 0.2) is 55.1 Å². The molecular formula is C57H106N6O11. The number of hydrogen-bond acceptors (Lipinski definition) is 12. The van der Waals surface area contributed by atoms with Crippen molar-refractivity contribution < 1.29 is 53.4 Å². The largest absolute Gasteiger partial charge is 0.396 e. The summed E-state index contributed by atoms with van der Waals surface area (Å²) >= 11 is 0. The molecule has 430 valence electrons. The van der Waals surface area contributed by atoms with Gasteiger partial charge in [-0.15, -0.1) is 6.58 Å². The highest BCUT2D eigenvalue weighted by molar-refractivity contribution is 6.38. The van der Waals surface area contributed by atoms with Gasteiger partial charge in [-0.2, -0.15) is 0 Å². The Kier molecular flexibility index (Phi) is 58.8. The third-order valence-electron chi connectivity index (χ3n) is 11.0. The van der Waals surface area contributed by atoms with Crippen molar-refractivity contribution in [1.82, 2.24) is 25.1 Å². The average Bonchev–Trinajstić information content (AvgIpc) is 3.74. The number of aliphatic hydroxyl groups excluding tert-OH is 1. The van der Waals surface area contributed by atoms with Gasteiger partial charge in [0.15, 0.2) is 0 Å². The fourth-order valence-electron chi connectivity index (χ4n) is 7.30. The molecule has 17 heteroatoms. The van der Waals surface area contributed by atoms with E-state index >= 15 is 0 Å². The van der Waals surface area contributed by atoms with Crippen molar-refractivity contribution in [2.45, 2.75) is 198 Å². The Morgan fingerprint density at radius 3 is 1.76 bits per heavy atom. The molecule has 6 unspecified atom stereocenters. The summed E-state index contributed by atoms with van der Waals surface area (Å²) in [4.78, 5) is 102. The minimum absolute atomic E-state index is 0.0199. The molecule has 2 rings (SSSR count). The number of imide groups is 1. The van der Waals surface area contributed by atoms with Gasteiger partial charge in [-0.3, -0.25) is 43.7 Å². The van der Waals surface area contributed by atoms with Gasteiger partial charge in [-0.1, -0.05) is 131 Å². The Bertz CT molecular complexity index is 1600. The van der Waals surface area contributed by atoms with Crippen molar-refractivity contribution in [2.75, 3.05) is 41.4 Å². The van der Waals surface area contributed by atoms with Crippen molar-refractivity contribution in [3.63, 3.8) is 0 Å². The van der Waals surface area contributed by atoms with Gasteiger partial charge < -0.3 is 35.1 Å². The number of Topliss-reactive ketones (excluding diaryl/α,β-unsaturated/α-hetero) is 1. The number of hydrogen-bond donors (Lipinski definition) is 4. The number of aldehydes is 1. The number of hydroxylamine groups is 1. The second kappa shape index (κ2) is 54.2. The molecular weight excluding hydrogens is 945 g/mol. The van der Waals surface area contributed by atoms with E-state index in [1.807, 2.05) is 97.5 Å². The summed E-state index contributed by atoms with van der Waals surface area (Å²) in [6.07, 6.45) is 13.0. The van der Waals surface area contributed by atoms with E-state index in [9.17, 15) is 33.6 Å². The van der Waals surface area contributed by atoms with E-state index in [2.05, 4.69) is 26.2 Å². The SMILES string of the molecule is C/C=C\C(=O)N(C=O)CCCCCC(=O)N(C)C(C(=O)C(=O)N(C)C(C(C)CC)C(CC(=O)N1C(C)CCC1C)OC)C(C)C.C=CC.CC.CC(C)CO.CCC.CN.O=CCCc1ccccc1.O=CNO. The Morgan fingerprint density at radius 1 is 0.892 bits per heavy atom. The number of methoxy groups -OCH3 is 1. The number of ketones is 1. The van der Waals surface area contributed by atoms with Crippen LogP contribution in [-0.2, 0) is 49.5 Å². The van der Waals surface area contributed by atoms with Crippen LogP contribution in [0.2, 0.25) is 0 Å². The second-order valence-corrected chi connectivity index (χ2v) is 18.0. The van der Waals surface area contributed by atoms with Crippen LogP contribution in [0.5, 0.6) is 0 Å². The van der Waals surface area contributed by atoms with Crippen molar-refractivity contribution >= 4 is 48.5 Å². The molecule has 1 saturated heterocycles. The number of nitrogens with zero attached hydrogens (tertiary/aromatic N) is 4. The molecule has 74 heavy (non-hydrogen) atoms. The van der Waals surface area contributed by atoms with E-state index in [1.165, 1.54) is 47.5 Å². The first-order chi connectivity index (χ1) is 35.1. The van der Waals surface area contributed by atoms with Crippen LogP contribution in [-0.4, -0.2) is 150 Å². The van der Waals surface area contributed by atoms with Crippen molar-refractivity contribution in [2.24, 2.45) is 23.5 Å². The number of carbonyl (C=O) groups is 8. The number of rotatable bonds is 24. The zero-order valence-electron chi connectivity index (χ0n) is 49.3. The number of likely N-dealkylation sites (tertiary alicyclic amines) is 1. The lowest BCUT2D eigenvalue weighted by molar-refractivity contribution is -0.154. The maximum absolute atomic E-state index is 13.8. The maximum Gasteiger partial charge on any atom is 0.292 e. The Hall–Kier alpha value is -5.10. The summed E-state index contributed by atoms with van der Waals surface area (Å²) in [6.45, 7) is 31.4. The standard InChI is InChI=1S/C34H58N4O7.C9H10O.C4H10O.C3H8.C3H6.C2H6.CH3NO2.CH5N/c1-11-16-29(41)37(22-39)20-15-13-14-17-28(40)35(8)31(23(3)4)33(43)34(44)36(9)32(24(5)12-2)27(45-10)21-30(42)38-25(6)18-19-26(38)7;10-8-4-7-9-5-2-1-3-6-9;1-4(2)3-5;2*1-3-2;1-2;3-1-2-4;1-2/h11,16,22-27,31-32H,12-15,17-21H2,1-10H3;1-3,5-6,8H,4,7H2;4-5H,3H2,1-2H3;3H2,1-2H3;3H,1H2,2H3;1-2H3;1,4H,(H,2,3);2H2,1H3/b16-11-;;;;;;;. The molecule has 0 aliphatic carbocycles. The van der Waals surface area contributed by atoms with E-state index < -0.39 is 29.9 Å². The van der Waals surface area contributed by atoms with E-state index in [0.717, 1.165) is 30.4 Å². The summed E-state index contributed by atoms with van der Waals surface area (Å²) in [7, 11) is 6.16. The molecule has 1 heterocycles. The Labute approximate surface area is 449 Å². The molecule has 6 atom stereocenters. The lowest BCUT2D eigenvalue weighted by Crippen LogP contribution is -2.56. The molecule has 6 amide bonds. The number of aryl methyl sites for hydroxylation is 1. The molecule has 17 nitrogen and oxygen atoms in total. The number of aliphatic hydroxyl groups is 1. The van der Waals surface area contributed by atoms with Crippen LogP contribution in [0.1, 0.15) is 167 Å². The molecule has 0 bridgehead atoms. The minimum Gasteiger partial charge on any atom is -0.396 e. The van der Waals surface area contributed by atoms with E-state index in [-0.39, 0.29) is 67.4 Å². The third-order valence-corrected chi connectivity index (χ3v) is 11.0. The smallest absolute Gasteiger partial charge is 0.292 e. The highest BCUT2D eigenvalue weighted by atomic mass is 16.5. The number of unbranched alkanes of at least 4 members (excludes halogenated alkanes) is 2. The molecule has 0 saturated carbocycles. The molecule has 1 aliphatic heterocycles.